The SMILES string of the molecule is CCC(C)(C)c1cccc2oc(-c3cccs3)nc12. The van der Waals surface area contributed by atoms with Gasteiger partial charge in [0.15, 0.2) is 5.58 Å². The Kier molecular flexibility index (Phi) is 2.94. The van der Waals surface area contributed by atoms with Crippen molar-refractivity contribution in [3.63, 3.8) is 0 Å². The molecule has 2 nitrogen and oxygen atoms in total. The Morgan fingerprint density at radius 3 is 2.74 bits per heavy atom. The van der Waals surface area contributed by atoms with Crippen LogP contribution in [-0.2, 0) is 5.41 Å². The van der Waals surface area contributed by atoms with Gasteiger partial charge in [0, 0.05) is 0 Å². The van der Waals surface area contributed by atoms with Crippen LogP contribution >= 0.6 is 11.3 Å². The van der Waals surface area contributed by atoms with Crippen LogP contribution < -0.4 is 0 Å². The Morgan fingerprint density at radius 1 is 1.21 bits per heavy atom. The summed E-state index contributed by atoms with van der Waals surface area (Å²) in [5.41, 5.74) is 3.25. The molecule has 3 aromatic rings. The van der Waals surface area contributed by atoms with Crippen molar-refractivity contribution in [3.8, 4) is 10.8 Å². The molecular formula is C16H17NOS. The predicted octanol–water partition coefficient (Wildman–Crippen LogP) is 5.24. The summed E-state index contributed by atoms with van der Waals surface area (Å²) < 4.78 is 5.89. The molecule has 2 aromatic heterocycles. The van der Waals surface area contributed by atoms with Gasteiger partial charge in [0.2, 0.25) is 5.89 Å². The van der Waals surface area contributed by atoms with E-state index in [9.17, 15) is 0 Å². The van der Waals surface area contributed by atoms with Gasteiger partial charge in [-0.1, -0.05) is 39.0 Å². The van der Waals surface area contributed by atoms with Crippen LogP contribution in [0.5, 0.6) is 0 Å². The number of benzene rings is 1. The van der Waals surface area contributed by atoms with Crippen molar-refractivity contribution in [2.24, 2.45) is 0 Å². The number of hydrogen-bond acceptors (Lipinski definition) is 3. The van der Waals surface area contributed by atoms with Crippen molar-refractivity contribution in [2.45, 2.75) is 32.6 Å². The van der Waals surface area contributed by atoms with E-state index in [1.807, 2.05) is 23.6 Å². The van der Waals surface area contributed by atoms with Crippen LogP contribution in [0.4, 0.5) is 0 Å². The van der Waals surface area contributed by atoms with Gasteiger partial charge in [0.25, 0.3) is 0 Å². The molecule has 0 spiro atoms. The number of oxazole rings is 1. The molecule has 3 rings (SSSR count). The van der Waals surface area contributed by atoms with Gasteiger partial charge in [-0.05, 0) is 34.9 Å². The van der Waals surface area contributed by atoms with E-state index in [2.05, 4.69) is 32.9 Å². The van der Waals surface area contributed by atoms with Crippen LogP contribution in [0.3, 0.4) is 0 Å². The van der Waals surface area contributed by atoms with Gasteiger partial charge in [0.1, 0.15) is 5.52 Å². The summed E-state index contributed by atoms with van der Waals surface area (Å²) in [6.45, 7) is 6.71. The standard InChI is InChI=1S/C16H17NOS/c1-4-16(2,3)11-7-5-8-12-14(11)17-15(18-12)13-9-6-10-19-13/h5-10H,4H2,1-3H3. The molecule has 0 saturated heterocycles. The van der Waals surface area contributed by atoms with Gasteiger partial charge in [-0.2, -0.15) is 0 Å². The Labute approximate surface area is 117 Å². The fourth-order valence-electron chi connectivity index (χ4n) is 2.19. The molecule has 0 aliphatic carbocycles. The van der Waals surface area contributed by atoms with Crippen molar-refractivity contribution >= 4 is 22.4 Å². The Balaban J connectivity index is 2.21. The molecule has 0 amide bonds. The summed E-state index contributed by atoms with van der Waals surface area (Å²) in [6, 6.07) is 10.3. The maximum atomic E-state index is 5.89. The first-order valence-electron chi connectivity index (χ1n) is 6.56. The third-order valence-corrected chi connectivity index (χ3v) is 4.62. The summed E-state index contributed by atoms with van der Waals surface area (Å²) in [6.07, 6.45) is 1.08. The zero-order valence-corrected chi connectivity index (χ0v) is 12.3. The van der Waals surface area contributed by atoms with E-state index in [0.29, 0.717) is 0 Å². The van der Waals surface area contributed by atoms with E-state index < -0.39 is 0 Å². The molecule has 3 heteroatoms. The van der Waals surface area contributed by atoms with Gasteiger partial charge in [-0.25, -0.2) is 4.98 Å². The summed E-state index contributed by atoms with van der Waals surface area (Å²) in [7, 11) is 0. The van der Waals surface area contributed by atoms with E-state index >= 15 is 0 Å². The smallest absolute Gasteiger partial charge is 0.237 e. The summed E-state index contributed by atoms with van der Waals surface area (Å²) in [4.78, 5) is 5.79. The molecule has 0 aliphatic heterocycles. The lowest BCUT2D eigenvalue weighted by atomic mass is 9.81. The average Bonchev–Trinajstić information content (AvgIpc) is 3.06. The van der Waals surface area contributed by atoms with Crippen LogP contribution in [0, 0.1) is 0 Å². The number of rotatable bonds is 3. The predicted molar refractivity (Wildman–Crippen MR) is 80.6 cm³/mol. The first-order chi connectivity index (χ1) is 9.12. The lowest BCUT2D eigenvalue weighted by Crippen LogP contribution is -2.15. The molecular weight excluding hydrogens is 254 g/mol. The van der Waals surface area contributed by atoms with Crippen molar-refractivity contribution in [3.05, 3.63) is 41.3 Å². The van der Waals surface area contributed by atoms with Crippen molar-refractivity contribution in [2.75, 3.05) is 0 Å². The molecule has 0 atom stereocenters. The molecule has 2 heterocycles. The second-order valence-corrected chi connectivity index (χ2v) is 6.33. The van der Waals surface area contributed by atoms with Crippen molar-refractivity contribution < 1.29 is 4.42 Å². The van der Waals surface area contributed by atoms with Crippen LogP contribution in [0.1, 0.15) is 32.8 Å². The number of nitrogens with zero attached hydrogens (tertiary/aromatic N) is 1. The molecule has 0 radical (unpaired) electrons. The Morgan fingerprint density at radius 2 is 2.05 bits per heavy atom. The highest BCUT2D eigenvalue weighted by Gasteiger charge is 2.23. The molecule has 0 bridgehead atoms. The molecule has 19 heavy (non-hydrogen) atoms. The van der Waals surface area contributed by atoms with Gasteiger partial charge < -0.3 is 4.42 Å². The quantitative estimate of drug-likeness (QED) is 0.650. The summed E-state index contributed by atoms with van der Waals surface area (Å²) >= 11 is 1.65. The molecule has 98 valence electrons. The Hall–Kier alpha value is -1.61. The van der Waals surface area contributed by atoms with Crippen LogP contribution in [0.2, 0.25) is 0 Å². The van der Waals surface area contributed by atoms with Gasteiger partial charge in [-0.15, -0.1) is 11.3 Å². The Bertz CT molecular complexity index is 695. The lowest BCUT2D eigenvalue weighted by Gasteiger charge is -2.23. The molecule has 0 saturated carbocycles. The van der Waals surface area contributed by atoms with Gasteiger partial charge >= 0.3 is 0 Å². The fourth-order valence-corrected chi connectivity index (χ4v) is 2.84. The third-order valence-electron chi connectivity index (χ3n) is 3.76. The fraction of sp³-hybridized carbons (Fsp3) is 0.312. The van der Waals surface area contributed by atoms with Crippen LogP contribution in [-0.4, -0.2) is 4.98 Å². The zero-order chi connectivity index (χ0) is 13.5. The molecule has 1 aromatic carbocycles. The summed E-state index contributed by atoms with van der Waals surface area (Å²) in [5, 5.41) is 2.04. The first kappa shape index (κ1) is 12.4. The first-order valence-corrected chi connectivity index (χ1v) is 7.43. The number of aromatic nitrogens is 1. The molecule has 0 fully saturated rings. The molecule has 0 unspecified atom stereocenters. The highest BCUT2D eigenvalue weighted by Crippen LogP contribution is 2.35. The van der Waals surface area contributed by atoms with E-state index in [-0.39, 0.29) is 5.41 Å². The maximum absolute atomic E-state index is 5.89. The van der Waals surface area contributed by atoms with Gasteiger partial charge in [0.05, 0.1) is 4.88 Å². The number of hydrogen-bond donors (Lipinski definition) is 0. The number of thiophene rings is 1. The second-order valence-electron chi connectivity index (χ2n) is 5.39. The van der Waals surface area contributed by atoms with E-state index in [1.54, 1.807) is 11.3 Å². The molecule has 0 N–H and O–H groups in total. The summed E-state index contributed by atoms with van der Waals surface area (Å²) in [5.74, 6) is 0.726. The van der Waals surface area contributed by atoms with E-state index in [4.69, 9.17) is 9.40 Å². The molecule has 0 aliphatic rings. The van der Waals surface area contributed by atoms with Crippen LogP contribution in [0.15, 0.2) is 40.1 Å². The zero-order valence-electron chi connectivity index (χ0n) is 11.4. The lowest BCUT2D eigenvalue weighted by molar-refractivity contribution is 0.509. The maximum Gasteiger partial charge on any atom is 0.237 e. The minimum absolute atomic E-state index is 0.114. The minimum Gasteiger partial charge on any atom is -0.435 e. The topological polar surface area (TPSA) is 26.0 Å². The largest absolute Gasteiger partial charge is 0.435 e. The monoisotopic (exact) mass is 271 g/mol. The normalized spacial score (nSPS) is 12.2. The van der Waals surface area contributed by atoms with Gasteiger partial charge in [-0.3, -0.25) is 0 Å². The van der Waals surface area contributed by atoms with Crippen molar-refractivity contribution in [1.29, 1.82) is 0 Å². The van der Waals surface area contributed by atoms with E-state index in [1.165, 1.54) is 5.56 Å². The minimum atomic E-state index is 0.114. The average molecular weight is 271 g/mol. The highest BCUT2D eigenvalue weighted by atomic mass is 32.1. The van der Waals surface area contributed by atoms with E-state index in [0.717, 1.165) is 28.3 Å². The second kappa shape index (κ2) is 4.49. The van der Waals surface area contributed by atoms with Crippen LogP contribution in [0.25, 0.3) is 21.9 Å². The highest BCUT2D eigenvalue weighted by molar-refractivity contribution is 7.13. The third kappa shape index (κ3) is 2.08. The number of fused-ring (bicyclic) bond motifs is 1. The van der Waals surface area contributed by atoms with Crippen molar-refractivity contribution in [1.82, 2.24) is 4.98 Å². The number of para-hydroxylation sites is 1.